The Kier molecular flexibility index (Phi) is 16.7. The summed E-state index contributed by atoms with van der Waals surface area (Å²) >= 11 is 0. The third-order valence-electron chi connectivity index (χ3n) is 18.6. The smallest absolute Gasteiger partial charge is 0.338 e. The first-order valence-electron chi connectivity index (χ1n) is 28.3. The third kappa shape index (κ3) is 9.89. The van der Waals surface area contributed by atoms with E-state index in [1.807, 2.05) is 19.9 Å². The molecule has 13 nitrogen and oxygen atoms in total. The highest BCUT2D eigenvalue weighted by Gasteiger charge is 2.91. The standard InChI is InChI=1S/C60H84O13/c1-6-7-8-9-10-11-12-13-14-15-16-17-28-35-46(62)68-38-57-52(70-57)48-51-56(39(2)3)36-44(37-67-53(63)42-30-23-20-24-31-42)59(48)49-47(40(4)29-22-18-19-27-34-45(61)60(71-51,72-56)73-59)41(5)50(58(49,66)55(57)65)69-54(64)43-32-25-21-26-33-43/h20-21,23-26,30-33,40-41,44-45,47-52,55,61,65-66H,2,6-19,22,27-29,34-38H2,1,3-5H3. The molecule has 7 aliphatic rings. The van der Waals surface area contributed by atoms with Gasteiger partial charge < -0.3 is 48.5 Å². The van der Waals surface area contributed by atoms with Gasteiger partial charge in [-0.1, -0.05) is 173 Å². The number of carbonyl (C=O) groups excluding carboxylic acids is 3. The molecule has 16 unspecified atom stereocenters. The zero-order valence-electron chi connectivity index (χ0n) is 44.0. The van der Waals surface area contributed by atoms with E-state index in [1.165, 1.54) is 57.8 Å². The number of hydrogen-bond donors (Lipinski definition) is 3. The summed E-state index contributed by atoms with van der Waals surface area (Å²) in [5.74, 6) is -7.63. The van der Waals surface area contributed by atoms with E-state index in [0.29, 0.717) is 24.0 Å². The van der Waals surface area contributed by atoms with Gasteiger partial charge in [-0.15, -0.1) is 0 Å². The lowest BCUT2D eigenvalue weighted by molar-refractivity contribution is -0.459. The maximum Gasteiger partial charge on any atom is 0.338 e. The van der Waals surface area contributed by atoms with E-state index in [9.17, 15) is 29.7 Å². The van der Waals surface area contributed by atoms with Gasteiger partial charge in [0.2, 0.25) is 0 Å². The summed E-state index contributed by atoms with van der Waals surface area (Å²) in [5, 5.41) is 40.3. The molecule has 7 fully saturated rings. The molecule has 4 heterocycles. The Morgan fingerprint density at radius 2 is 1.32 bits per heavy atom. The average molecular weight is 1010 g/mol. The van der Waals surface area contributed by atoms with Crippen molar-refractivity contribution in [3.05, 3.63) is 83.9 Å². The van der Waals surface area contributed by atoms with Crippen LogP contribution in [0.4, 0.5) is 0 Å². The molecule has 4 saturated heterocycles. The second kappa shape index (κ2) is 22.5. The Bertz CT molecular complexity index is 2220. The molecular weight excluding hydrogens is 929 g/mol. The molecular formula is C60H84O13. The molecule has 73 heavy (non-hydrogen) atoms. The zero-order chi connectivity index (χ0) is 51.6. The van der Waals surface area contributed by atoms with Crippen molar-refractivity contribution in [1.82, 2.24) is 0 Å². The summed E-state index contributed by atoms with van der Waals surface area (Å²) in [7, 11) is 0. The van der Waals surface area contributed by atoms with Crippen LogP contribution in [-0.2, 0) is 38.0 Å². The Balaban J connectivity index is 1.07. The summed E-state index contributed by atoms with van der Waals surface area (Å²) in [6, 6.07) is 17.3. The lowest BCUT2D eigenvalue weighted by Gasteiger charge is -2.62. The van der Waals surface area contributed by atoms with Gasteiger partial charge in [-0.3, -0.25) is 4.79 Å². The number of epoxide rings is 1. The highest BCUT2D eigenvalue weighted by Crippen LogP contribution is 2.76. The fourth-order valence-electron chi connectivity index (χ4n) is 14.9. The minimum absolute atomic E-state index is 0.120. The molecule has 9 rings (SSSR count). The van der Waals surface area contributed by atoms with Crippen LogP contribution >= 0.6 is 0 Å². The molecule has 2 aromatic carbocycles. The summed E-state index contributed by atoms with van der Waals surface area (Å²) in [6.45, 7) is 12.1. The third-order valence-corrected chi connectivity index (χ3v) is 18.6. The number of rotatable bonds is 22. The first kappa shape index (κ1) is 54.1. The number of carbonyl (C=O) groups is 3. The van der Waals surface area contributed by atoms with Crippen LogP contribution in [0.25, 0.3) is 0 Å². The molecule has 16 atom stereocenters. The normalized spacial score (nSPS) is 39.0. The van der Waals surface area contributed by atoms with Gasteiger partial charge in [0.15, 0.2) is 5.60 Å². The summed E-state index contributed by atoms with van der Waals surface area (Å²) in [6.07, 6.45) is 13.6. The monoisotopic (exact) mass is 1010 g/mol. The van der Waals surface area contributed by atoms with Gasteiger partial charge in [0.25, 0.3) is 0 Å². The van der Waals surface area contributed by atoms with E-state index in [2.05, 4.69) is 20.4 Å². The van der Waals surface area contributed by atoms with Crippen molar-refractivity contribution in [3.8, 4) is 0 Å². The predicted octanol–water partition coefficient (Wildman–Crippen LogP) is 10.4. The van der Waals surface area contributed by atoms with Gasteiger partial charge in [-0.2, -0.15) is 0 Å². The lowest BCUT2D eigenvalue weighted by Crippen LogP contribution is -2.75. The topological polar surface area (TPSA) is 180 Å². The maximum atomic E-state index is 14.4. The van der Waals surface area contributed by atoms with Crippen molar-refractivity contribution >= 4 is 17.9 Å². The fraction of sp³-hybridized carbons (Fsp3) is 0.717. The van der Waals surface area contributed by atoms with E-state index in [1.54, 1.807) is 54.6 Å². The van der Waals surface area contributed by atoms with Crippen molar-refractivity contribution < 1.29 is 62.9 Å². The number of benzene rings is 2. The van der Waals surface area contributed by atoms with Crippen LogP contribution in [0.15, 0.2) is 72.8 Å². The highest BCUT2D eigenvalue weighted by molar-refractivity contribution is 5.90. The van der Waals surface area contributed by atoms with E-state index in [0.717, 1.165) is 44.9 Å². The summed E-state index contributed by atoms with van der Waals surface area (Å²) in [5.41, 5.74) is -5.78. The van der Waals surface area contributed by atoms with Gasteiger partial charge in [0, 0.05) is 24.2 Å². The van der Waals surface area contributed by atoms with E-state index in [4.69, 9.17) is 33.2 Å². The van der Waals surface area contributed by atoms with Crippen LogP contribution in [0.1, 0.15) is 183 Å². The molecule has 2 spiro atoms. The lowest BCUT2D eigenvalue weighted by atomic mass is 9.51. The molecule has 3 saturated carbocycles. The predicted molar refractivity (Wildman–Crippen MR) is 273 cm³/mol. The fourth-order valence-corrected chi connectivity index (χ4v) is 14.9. The SMILES string of the molecule is C=C(C)C12CC(COC(=O)c3ccccc3)C34OC5(OC1C3C1OC1(COC(=O)CCCCCCCCCCCCCCC)C(O)C1(O)C(OC(=O)c3ccccc3)C(C)C(C(C)CCCCCCC5O)C14)O2. The van der Waals surface area contributed by atoms with Crippen molar-refractivity contribution in [2.45, 2.75) is 221 Å². The number of esters is 3. The minimum Gasteiger partial charge on any atom is -0.462 e. The maximum absolute atomic E-state index is 14.4. The molecule has 0 aromatic heterocycles. The summed E-state index contributed by atoms with van der Waals surface area (Å²) in [4.78, 5) is 42.2. The Hall–Kier alpha value is -3.69. The summed E-state index contributed by atoms with van der Waals surface area (Å²) < 4.78 is 47.8. The zero-order valence-corrected chi connectivity index (χ0v) is 44.0. The van der Waals surface area contributed by atoms with Crippen molar-refractivity contribution in [3.63, 3.8) is 0 Å². The Labute approximate surface area is 433 Å². The van der Waals surface area contributed by atoms with Crippen molar-refractivity contribution in [1.29, 1.82) is 0 Å². The molecule has 0 radical (unpaired) electrons. The van der Waals surface area contributed by atoms with Gasteiger partial charge in [0.1, 0.15) is 48.3 Å². The van der Waals surface area contributed by atoms with Gasteiger partial charge in [-0.25, -0.2) is 9.59 Å². The number of aliphatic hydroxyl groups is 3. The van der Waals surface area contributed by atoms with Gasteiger partial charge in [0.05, 0.1) is 23.3 Å². The number of unbranched alkanes of at least 4 members (excludes halogenated alkanes) is 12. The van der Waals surface area contributed by atoms with Crippen LogP contribution in [0.3, 0.4) is 0 Å². The first-order chi connectivity index (χ1) is 35.2. The Morgan fingerprint density at radius 3 is 1.93 bits per heavy atom. The molecule has 4 aliphatic heterocycles. The number of ether oxygens (including phenoxy) is 7. The van der Waals surface area contributed by atoms with Gasteiger partial charge in [-0.05, 0) is 73.8 Å². The van der Waals surface area contributed by atoms with Gasteiger partial charge >= 0.3 is 23.9 Å². The van der Waals surface area contributed by atoms with Crippen LogP contribution in [0.5, 0.6) is 0 Å². The second-order valence-corrected chi connectivity index (χ2v) is 23.3. The largest absolute Gasteiger partial charge is 0.462 e. The van der Waals surface area contributed by atoms with E-state index >= 15 is 0 Å². The molecule has 2 aromatic rings. The first-order valence-corrected chi connectivity index (χ1v) is 28.3. The van der Waals surface area contributed by atoms with E-state index in [-0.39, 0.29) is 37.4 Å². The van der Waals surface area contributed by atoms with Crippen molar-refractivity contribution in [2.75, 3.05) is 13.2 Å². The van der Waals surface area contributed by atoms with Crippen LogP contribution < -0.4 is 0 Å². The number of aliphatic hydroxyl groups excluding tert-OH is 2. The van der Waals surface area contributed by atoms with E-state index < -0.39 is 113 Å². The average Bonchev–Trinajstić information content (AvgIpc) is 4.02. The Morgan fingerprint density at radius 1 is 0.726 bits per heavy atom. The second-order valence-electron chi connectivity index (χ2n) is 23.3. The molecule has 13 heteroatoms. The number of hydrogen-bond acceptors (Lipinski definition) is 13. The molecule has 3 N–H and O–H groups in total. The minimum atomic E-state index is -2.33. The van der Waals surface area contributed by atoms with Crippen molar-refractivity contribution in [2.24, 2.45) is 35.5 Å². The molecule has 402 valence electrons. The van der Waals surface area contributed by atoms with Crippen LogP contribution in [0.2, 0.25) is 0 Å². The van der Waals surface area contributed by atoms with Crippen LogP contribution in [-0.4, -0.2) is 105 Å². The number of fused-ring (bicyclic) bond motifs is 1. The molecule has 3 aliphatic carbocycles. The quantitative estimate of drug-likeness (QED) is 0.0334. The molecule has 3 bridgehead atoms. The van der Waals surface area contributed by atoms with Crippen LogP contribution in [0, 0.1) is 35.5 Å². The molecule has 0 amide bonds. The highest BCUT2D eigenvalue weighted by atomic mass is 16.9.